The molecule has 0 radical (unpaired) electrons. The zero-order valence-electron chi connectivity index (χ0n) is 19.9. The molecule has 1 aliphatic carbocycles. The number of ether oxygens (including phenoxy) is 1. The van der Waals surface area contributed by atoms with Crippen LogP contribution in [0.4, 0.5) is 0 Å². The lowest BCUT2D eigenvalue weighted by Gasteiger charge is -2.30. The summed E-state index contributed by atoms with van der Waals surface area (Å²) >= 11 is 1.46. The Kier molecular flexibility index (Phi) is 7.67. The van der Waals surface area contributed by atoms with Crippen LogP contribution >= 0.6 is 11.3 Å². The number of methoxy groups -OCH3 is 1. The molecule has 0 spiro atoms. The maximum Gasteiger partial charge on any atom is 0.279 e. The summed E-state index contributed by atoms with van der Waals surface area (Å²) in [5.41, 5.74) is 2.51. The Bertz CT molecular complexity index is 1330. The SMILES string of the molecule is COCCn1c(=NC(=O)c2ccc(S(=O)(=O)N(C)C3CCCCC3)cc2)sc2cccc(C)c21. The quantitative estimate of drug-likeness (QED) is 0.482. The maximum absolute atomic E-state index is 13.1. The molecule has 1 aliphatic rings. The van der Waals surface area contributed by atoms with E-state index in [-0.39, 0.29) is 10.9 Å². The highest BCUT2D eigenvalue weighted by Crippen LogP contribution is 2.27. The van der Waals surface area contributed by atoms with E-state index >= 15 is 0 Å². The van der Waals surface area contributed by atoms with Gasteiger partial charge in [-0.05, 0) is 55.7 Å². The molecular formula is C25H31N3O4S2. The zero-order chi connectivity index (χ0) is 24.3. The van der Waals surface area contributed by atoms with Crippen LogP contribution in [0.25, 0.3) is 10.2 Å². The number of carbonyl (C=O) groups is 1. The zero-order valence-corrected chi connectivity index (χ0v) is 21.5. The van der Waals surface area contributed by atoms with E-state index in [0.717, 1.165) is 47.9 Å². The second-order valence-corrected chi connectivity index (χ2v) is 11.7. The highest BCUT2D eigenvalue weighted by molar-refractivity contribution is 7.89. The van der Waals surface area contributed by atoms with Crippen LogP contribution in [-0.4, -0.2) is 50.0 Å². The predicted molar refractivity (Wildman–Crippen MR) is 135 cm³/mol. The van der Waals surface area contributed by atoms with Crippen LogP contribution in [0.2, 0.25) is 0 Å². The average molecular weight is 502 g/mol. The highest BCUT2D eigenvalue weighted by atomic mass is 32.2. The van der Waals surface area contributed by atoms with E-state index in [0.29, 0.717) is 23.5 Å². The molecule has 4 rings (SSSR count). The molecule has 0 bridgehead atoms. The molecule has 0 N–H and O–H groups in total. The molecule has 2 aromatic carbocycles. The van der Waals surface area contributed by atoms with E-state index in [1.807, 2.05) is 29.7 Å². The fourth-order valence-electron chi connectivity index (χ4n) is 4.51. The van der Waals surface area contributed by atoms with E-state index in [2.05, 4.69) is 4.99 Å². The molecule has 7 nitrogen and oxygen atoms in total. The van der Waals surface area contributed by atoms with E-state index in [1.165, 1.54) is 27.8 Å². The van der Waals surface area contributed by atoms with Crippen LogP contribution < -0.4 is 4.80 Å². The number of para-hydroxylation sites is 1. The molecule has 1 aromatic heterocycles. The van der Waals surface area contributed by atoms with Crippen molar-refractivity contribution in [3.05, 3.63) is 58.4 Å². The molecule has 0 aliphatic heterocycles. The molecule has 0 atom stereocenters. The van der Waals surface area contributed by atoms with Gasteiger partial charge in [-0.1, -0.05) is 42.7 Å². The largest absolute Gasteiger partial charge is 0.383 e. The normalized spacial score (nSPS) is 15.9. The molecule has 1 saturated carbocycles. The number of fused-ring (bicyclic) bond motifs is 1. The third-order valence-corrected chi connectivity index (χ3v) is 9.45. The summed E-state index contributed by atoms with van der Waals surface area (Å²) in [6.45, 7) is 3.12. The van der Waals surface area contributed by atoms with Crippen LogP contribution in [0.15, 0.2) is 52.4 Å². The Balaban J connectivity index is 1.62. The summed E-state index contributed by atoms with van der Waals surface area (Å²) in [5.74, 6) is -0.403. The van der Waals surface area contributed by atoms with Gasteiger partial charge in [0.1, 0.15) is 0 Å². The maximum atomic E-state index is 13.1. The van der Waals surface area contributed by atoms with Crippen molar-refractivity contribution in [2.45, 2.75) is 56.5 Å². The van der Waals surface area contributed by atoms with Crippen molar-refractivity contribution in [1.29, 1.82) is 0 Å². The summed E-state index contributed by atoms with van der Waals surface area (Å²) in [7, 11) is -0.305. The Hall–Kier alpha value is -2.33. The number of benzene rings is 2. The molecular weight excluding hydrogens is 470 g/mol. The average Bonchev–Trinajstić information content (AvgIpc) is 3.20. The number of hydrogen-bond acceptors (Lipinski definition) is 5. The number of hydrogen-bond donors (Lipinski definition) is 0. The van der Waals surface area contributed by atoms with Gasteiger partial charge in [0.15, 0.2) is 4.80 Å². The Morgan fingerprint density at radius 2 is 1.85 bits per heavy atom. The van der Waals surface area contributed by atoms with Gasteiger partial charge < -0.3 is 9.30 Å². The second-order valence-electron chi connectivity index (χ2n) is 8.71. The minimum Gasteiger partial charge on any atom is -0.383 e. The molecule has 182 valence electrons. The minimum atomic E-state index is -3.60. The molecule has 0 saturated heterocycles. The smallest absolute Gasteiger partial charge is 0.279 e. The molecule has 1 fully saturated rings. The predicted octanol–water partition coefficient (Wildman–Crippen LogP) is 4.35. The third kappa shape index (κ3) is 5.02. The minimum absolute atomic E-state index is 0.0361. The van der Waals surface area contributed by atoms with Gasteiger partial charge in [0.05, 0.1) is 21.7 Å². The molecule has 0 unspecified atom stereocenters. The lowest BCUT2D eigenvalue weighted by atomic mass is 9.96. The number of sulfonamides is 1. The first-order chi connectivity index (χ1) is 16.3. The fraction of sp³-hybridized carbons (Fsp3) is 0.440. The monoisotopic (exact) mass is 501 g/mol. The summed E-state index contributed by atoms with van der Waals surface area (Å²) < 4.78 is 36.0. The van der Waals surface area contributed by atoms with Crippen LogP contribution in [-0.2, 0) is 21.3 Å². The number of aryl methyl sites for hydroxylation is 1. The van der Waals surface area contributed by atoms with Crippen molar-refractivity contribution in [1.82, 2.24) is 8.87 Å². The van der Waals surface area contributed by atoms with Gasteiger partial charge in [0.2, 0.25) is 10.0 Å². The summed E-state index contributed by atoms with van der Waals surface area (Å²) in [5, 5.41) is 0. The first kappa shape index (κ1) is 24.8. The number of aromatic nitrogens is 1. The van der Waals surface area contributed by atoms with Gasteiger partial charge in [-0.25, -0.2) is 8.42 Å². The fourth-order valence-corrected chi connectivity index (χ4v) is 7.06. The van der Waals surface area contributed by atoms with Gasteiger partial charge in [-0.3, -0.25) is 4.79 Å². The van der Waals surface area contributed by atoms with Crippen molar-refractivity contribution < 1.29 is 17.9 Å². The number of amides is 1. The first-order valence-electron chi connectivity index (χ1n) is 11.6. The van der Waals surface area contributed by atoms with Crippen LogP contribution in [0.1, 0.15) is 48.0 Å². The third-order valence-electron chi connectivity index (χ3n) is 6.49. The highest BCUT2D eigenvalue weighted by Gasteiger charge is 2.29. The first-order valence-corrected chi connectivity index (χ1v) is 13.8. The van der Waals surface area contributed by atoms with E-state index in [9.17, 15) is 13.2 Å². The molecule has 1 amide bonds. The van der Waals surface area contributed by atoms with Crippen LogP contribution in [0.5, 0.6) is 0 Å². The van der Waals surface area contributed by atoms with Crippen molar-refractivity contribution in [3.8, 4) is 0 Å². The number of thiazole rings is 1. The summed E-state index contributed by atoms with van der Waals surface area (Å²) in [6, 6.07) is 12.2. The van der Waals surface area contributed by atoms with Gasteiger partial charge in [-0.15, -0.1) is 0 Å². The van der Waals surface area contributed by atoms with E-state index in [4.69, 9.17) is 4.74 Å². The van der Waals surface area contributed by atoms with E-state index < -0.39 is 15.9 Å². The van der Waals surface area contributed by atoms with Crippen molar-refractivity contribution in [2.24, 2.45) is 4.99 Å². The van der Waals surface area contributed by atoms with Gasteiger partial charge >= 0.3 is 0 Å². The Morgan fingerprint density at radius 1 is 1.15 bits per heavy atom. The van der Waals surface area contributed by atoms with Gasteiger partial charge in [0, 0.05) is 32.3 Å². The van der Waals surface area contributed by atoms with Crippen LogP contribution in [0, 0.1) is 6.92 Å². The second kappa shape index (κ2) is 10.5. The van der Waals surface area contributed by atoms with E-state index in [1.54, 1.807) is 26.3 Å². The molecule has 34 heavy (non-hydrogen) atoms. The summed E-state index contributed by atoms with van der Waals surface area (Å²) in [4.78, 5) is 18.2. The Morgan fingerprint density at radius 3 is 2.53 bits per heavy atom. The van der Waals surface area contributed by atoms with Crippen molar-refractivity contribution in [3.63, 3.8) is 0 Å². The number of rotatable bonds is 7. The lowest BCUT2D eigenvalue weighted by molar-refractivity contribution is 0.0997. The molecule has 3 aromatic rings. The number of nitrogens with zero attached hydrogens (tertiary/aromatic N) is 3. The molecule has 1 heterocycles. The van der Waals surface area contributed by atoms with Crippen LogP contribution in [0.3, 0.4) is 0 Å². The van der Waals surface area contributed by atoms with Crippen molar-refractivity contribution in [2.75, 3.05) is 20.8 Å². The lowest BCUT2D eigenvalue weighted by Crippen LogP contribution is -2.38. The summed E-state index contributed by atoms with van der Waals surface area (Å²) in [6.07, 6.45) is 5.06. The van der Waals surface area contributed by atoms with Gasteiger partial charge in [0.25, 0.3) is 5.91 Å². The van der Waals surface area contributed by atoms with Crippen molar-refractivity contribution >= 4 is 37.5 Å². The Labute approximate surface area is 204 Å². The topological polar surface area (TPSA) is 81.0 Å². The standard InChI is InChI=1S/C25H31N3O4S2/c1-18-8-7-11-22-23(18)28(16-17-32-3)25(33-22)26-24(29)19-12-14-21(15-13-19)34(30,31)27(2)20-9-5-4-6-10-20/h7-8,11-15,20H,4-6,9-10,16-17H2,1-3H3. The van der Waals surface area contributed by atoms with Gasteiger partial charge in [-0.2, -0.15) is 9.30 Å². The molecule has 9 heteroatoms. The number of carbonyl (C=O) groups excluding carboxylic acids is 1.